The first kappa shape index (κ1) is 14.3. The monoisotopic (exact) mass is 279 g/mol. The van der Waals surface area contributed by atoms with E-state index in [1.807, 2.05) is 0 Å². The van der Waals surface area contributed by atoms with Crippen LogP contribution in [-0.2, 0) is 11.3 Å². The van der Waals surface area contributed by atoms with E-state index < -0.39 is 4.92 Å². The minimum absolute atomic E-state index is 0.0623. The van der Waals surface area contributed by atoms with Crippen molar-refractivity contribution in [1.82, 2.24) is 9.80 Å². The number of benzene rings is 1. The lowest BCUT2D eigenvalue weighted by Crippen LogP contribution is -2.45. The van der Waals surface area contributed by atoms with Crippen molar-refractivity contribution in [2.24, 2.45) is 0 Å². The van der Waals surface area contributed by atoms with Crippen LogP contribution in [-0.4, -0.2) is 54.4 Å². The number of hydrogen-bond donors (Lipinski definition) is 0. The van der Waals surface area contributed by atoms with Crippen LogP contribution in [0.5, 0.6) is 5.75 Å². The van der Waals surface area contributed by atoms with E-state index in [2.05, 4.69) is 4.90 Å². The van der Waals surface area contributed by atoms with Gasteiger partial charge in [-0.1, -0.05) is 0 Å². The third-order valence-electron chi connectivity index (χ3n) is 3.42. The normalized spacial score (nSPS) is 15.9. The van der Waals surface area contributed by atoms with Crippen LogP contribution in [0.3, 0.4) is 0 Å². The maximum absolute atomic E-state index is 10.8. The van der Waals surface area contributed by atoms with Crippen molar-refractivity contribution < 1.29 is 14.5 Å². The summed E-state index contributed by atoms with van der Waals surface area (Å²) in [7, 11) is 1.55. The SMILES string of the molecule is COc1ccc([N+](=O)[O-])cc1CN1CCN(C=O)CC1. The lowest BCUT2D eigenvalue weighted by molar-refractivity contribution is -0.385. The molecule has 7 heteroatoms. The lowest BCUT2D eigenvalue weighted by atomic mass is 10.1. The summed E-state index contributed by atoms with van der Waals surface area (Å²) >= 11 is 0. The molecule has 0 aromatic heterocycles. The van der Waals surface area contributed by atoms with Gasteiger partial charge in [0, 0.05) is 50.4 Å². The minimum atomic E-state index is -0.409. The number of methoxy groups -OCH3 is 1. The van der Waals surface area contributed by atoms with Gasteiger partial charge >= 0.3 is 0 Å². The highest BCUT2D eigenvalue weighted by Crippen LogP contribution is 2.25. The molecule has 0 unspecified atom stereocenters. The van der Waals surface area contributed by atoms with Gasteiger partial charge in [0.25, 0.3) is 5.69 Å². The Morgan fingerprint density at radius 3 is 2.60 bits per heavy atom. The number of amides is 1. The van der Waals surface area contributed by atoms with Crippen LogP contribution in [0.25, 0.3) is 0 Å². The Balaban J connectivity index is 2.09. The van der Waals surface area contributed by atoms with Crippen molar-refractivity contribution in [1.29, 1.82) is 0 Å². The van der Waals surface area contributed by atoms with Gasteiger partial charge in [-0.3, -0.25) is 19.8 Å². The van der Waals surface area contributed by atoms with Crippen molar-refractivity contribution in [3.05, 3.63) is 33.9 Å². The summed E-state index contributed by atoms with van der Waals surface area (Å²) in [5, 5.41) is 10.8. The molecular weight excluding hydrogens is 262 g/mol. The summed E-state index contributed by atoms with van der Waals surface area (Å²) in [5.74, 6) is 0.647. The molecule has 0 saturated carbocycles. The third kappa shape index (κ3) is 3.24. The number of non-ortho nitro benzene ring substituents is 1. The molecule has 1 aliphatic heterocycles. The fourth-order valence-electron chi connectivity index (χ4n) is 2.27. The molecule has 0 radical (unpaired) electrons. The Hall–Kier alpha value is -2.15. The molecule has 1 aliphatic rings. The molecule has 1 saturated heterocycles. The Kier molecular flexibility index (Phi) is 4.52. The summed E-state index contributed by atoms with van der Waals surface area (Å²) in [6.45, 7) is 3.45. The molecule has 0 spiro atoms. The molecule has 1 aromatic rings. The van der Waals surface area contributed by atoms with Crippen molar-refractivity contribution in [2.45, 2.75) is 6.54 Å². The van der Waals surface area contributed by atoms with E-state index in [0.29, 0.717) is 25.4 Å². The molecule has 1 fully saturated rings. The van der Waals surface area contributed by atoms with E-state index in [-0.39, 0.29) is 5.69 Å². The topological polar surface area (TPSA) is 75.9 Å². The zero-order chi connectivity index (χ0) is 14.5. The van der Waals surface area contributed by atoms with Gasteiger partial charge in [0.05, 0.1) is 12.0 Å². The lowest BCUT2D eigenvalue weighted by Gasteiger charge is -2.32. The number of carbonyl (C=O) groups is 1. The number of piperazine rings is 1. The van der Waals surface area contributed by atoms with Crippen LogP contribution in [0.4, 0.5) is 5.69 Å². The summed E-state index contributed by atoms with van der Waals surface area (Å²) in [6.07, 6.45) is 0.852. The second-order valence-electron chi connectivity index (χ2n) is 4.67. The van der Waals surface area contributed by atoms with E-state index in [1.54, 1.807) is 24.1 Å². The van der Waals surface area contributed by atoms with Gasteiger partial charge in [-0.25, -0.2) is 0 Å². The van der Waals surface area contributed by atoms with Gasteiger partial charge in [-0.2, -0.15) is 0 Å². The minimum Gasteiger partial charge on any atom is -0.496 e. The van der Waals surface area contributed by atoms with Gasteiger partial charge in [-0.05, 0) is 6.07 Å². The number of rotatable bonds is 5. The first-order valence-corrected chi connectivity index (χ1v) is 6.37. The summed E-state index contributed by atoms with van der Waals surface area (Å²) in [4.78, 5) is 25.0. The van der Waals surface area contributed by atoms with Gasteiger partial charge in [0.15, 0.2) is 0 Å². The molecule has 0 aliphatic carbocycles. The fourth-order valence-corrected chi connectivity index (χ4v) is 2.27. The molecule has 0 bridgehead atoms. The molecule has 1 amide bonds. The van der Waals surface area contributed by atoms with Gasteiger partial charge < -0.3 is 9.64 Å². The van der Waals surface area contributed by atoms with Crippen LogP contribution in [0, 0.1) is 10.1 Å². The van der Waals surface area contributed by atoms with E-state index in [1.165, 1.54) is 6.07 Å². The second-order valence-corrected chi connectivity index (χ2v) is 4.67. The van der Waals surface area contributed by atoms with E-state index in [0.717, 1.165) is 25.1 Å². The number of nitrogens with zero attached hydrogens (tertiary/aromatic N) is 3. The quantitative estimate of drug-likeness (QED) is 0.454. The predicted octanol–water partition coefficient (Wildman–Crippen LogP) is 0.877. The average Bonchev–Trinajstić information content (AvgIpc) is 2.48. The van der Waals surface area contributed by atoms with Crippen LogP contribution >= 0.6 is 0 Å². The van der Waals surface area contributed by atoms with E-state index >= 15 is 0 Å². The third-order valence-corrected chi connectivity index (χ3v) is 3.42. The molecular formula is C13H17N3O4. The summed E-state index contributed by atoms with van der Waals surface area (Å²) in [5.41, 5.74) is 0.855. The summed E-state index contributed by atoms with van der Waals surface area (Å²) in [6, 6.07) is 4.60. The van der Waals surface area contributed by atoms with Crippen LogP contribution in [0.15, 0.2) is 18.2 Å². The van der Waals surface area contributed by atoms with Crippen LogP contribution in [0.2, 0.25) is 0 Å². The van der Waals surface area contributed by atoms with Gasteiger partial charge in [-0.15, -0.1) is 0 Å². The highest BCUT2D eigenvalue weighted by Gasteiger charge is 2.18. The Bertz CT molecular complexity index is 498. The average molecular weight is 279 g/mol. The second kappa shape index (κ2) is 6.33. The number of nitro groups is 1. The van der Waals surface area contributed by atoms with Crippen molar-refractivity contribution in [3.63, 3.8) is 0 Å². The smallest absolute Gasteiger partial charge is 0.270 e. The van der Waals surface area contributed by atoms with Crippen molar-refractivity contribution in [3.8, 4) is 5.75 Å². The molecule has 1 aromatic carbocycles. The first-order chi connectivity index (χ1) is 9.63. The van der Waals surface area contributed by atoms with Crippen molar-refractivity contribution in [2.75, 3.05) is 33.3 Å². The fraction of sp³-hybridized carbons (Fsp3) is 0.462. The zero-order valence-corrected chi connectivity index (χ0v) is 11.3. The van der Waals surface area contributed by atoms with E-state index in [4.69, 9.17) is 4.74 Å². The Morgan fingerprint density at radius 2 is 2.05 bits per heavy atom. The van der Waals surface area contributed by atoms with Gasteiger partial charge in [0.1, 0.15) is 5.75 Å². The number of nitro benzene ring substituents is 1. The maximum Gasteiger partial charge on any atom is 0.270 e. The number of ether oxygens (including phenoxy) is 1. The standard InChI is InChI=1S/C13H17N3O4/c1-20-13-3-2-12(16(18)19)8-11(13)9-14-4-6-15(10-17)7-5-14/h2-3,8,10H,4-7,9H2,1H3. The molecule has 0 N–H and O–H groups in total. The maximum atomic E-state index is 10.8. The number of hydrogen-bond acceptors (Lipinski definition) is 5. The van der Waals surface area contributed by atoms with E-state index in [9.17, 15) is 14.9 Å². The molecule has 2 rings (SSSR count). The summed E-state index contributed by atoms with van der Waals surface area (Å²) < 4.78 is 5.25. The van der Waals surface area contributed by atoms with Crippen LogP contribution < -0.4 is 4.74 Å². The number of carbonyl (C=O) groups excluding carboxylic acids is 1. The molecule has 20 heavy (non-hydrogen) atoms. The zero-order valence-electron chi connectivity index (χ0n) is 11.3. The van der Waals surface area contributed by atoms with Crippen LogP contribution in [0.1, 0.15) is 5.56 Å². The molecule has 108 valence electrons. The molecule has 7 nitrogen and oxygen atoms in total. The molecule has 1 heterocycles. The molecule has 0 atom stereocenters. The first-order valence-electron chi connectivity index (χ1n) is 6.37. The Labute approximate surface area is 116 Å². The largest absolute Gasteiger partial charge is 0.496 e. The van der Waals surface area contributed by atoms with Crippen molar-refractivity contribution >= 4 is 12.1 Å². The Morgan fingerprint density at radius 1 is 1.35 bits per heavy atom. The van der Waals surface area contributed by atoms with Gasteiger partial charge in [0.2, 0.25) is 6.41 Å². The highest BCUT2D eigenvalue weighted by molar-refractivity contribution is 5.47. The predicted molar refractivity (Wildman–Crippen MR) is 72.6 cm³/mol. The highest BCUT2D eigenvalue weighted by atomic mass is 16.6.